The van der Waals surface area contributed by atoms with E-state index in [9.17, 15) is 26.4 Å². The zero-order valence-electron chi connectivity index (χ0n) is 15.6. The summed E-state index contributed by atoms with van der Waals surface area (Å²) in [6, 6.07) is 9.04. The molecule has 0 fully saturated rings. The van der Waals surface area contributed by atoms with Gasteiger partial charge >= 0.3 is 12.2 Å². The monoisotopic (exact) mass is 440 g/mol. The van der Waals surface area contributed by atoms with Gasteiger partial charge in [-0.05, 0) is 48.5 Å². The molecule has 0 saturated heterocycles. The van der Waals surface area contributed by atoms with Gasteiger partial charge in [-0.3, -0.25) is 10.1 Å². The van der Waals surface area contributed by atoms with Gasteiger partial charge in [-0.1, -0.05) is 5.10 Å². The van der Waals surface area contributed by atoms with Crippen LogP contribution in [0.2, 0.25) is 0 Å². The second kappa shape index (κ2) is 7.88. The van der Waals surface area contributed by atoms with Crippen LogP contribution in [0.5, 0.6) is 0 Å². The molecule has 0 radical (unpaired) electrons. The lowest BCUT2D eigenvalue weighted by atomic mass is 10.1. The van der Waals surface area contributed by atoms with E-state index in [1.54, 1.807) is 0 Å². The highest BCUT2D eigenvalue weighted by Crippen LogP contribution is 2.31. The van der Waals surface area contributed by atoms with Crippen molar-refractivity contribution in [2.45, 2.75) is 11.1 Å². The quantitative estimate of drug-likeness (QED) is 0.653. The third kappa shape index (κ3) is 4.49. The molecule has 2 aromatic carbocycles. The Labute approximate surface area is 169 Å². The lowest BCUT2D eigenvalue weighted by molar-refractivity contribution is -0.137. The van der Waals surface area contributed by atoms with Crippen LogP contribution >= 0.6 is 0 Å². The molecule has 0 atom stereocenters. The Morgan fingerprint density at radius 1 is 1.00 bits per heavy atom. The molecular weight excluding hydrogens is 425 g/mol. The smallest absolute Gasteiger partial charge is 0.403 e. The Kier molecular flexibility index (Phi) is 5.63. The van der Waals surface area contributed by atoms with Crippen LogP contribution in [0.4, 0.5) is 19.2 Å². The minimum atomic E-state index is -4.46. The lowest BCUT2D eigenvalue weighted by Crippen LogP contribution is -2.22. The lowest BCUT2D eigenvalue weighted by Gasteiger charge is -2.11. The molecule has 158 valence electrons. The van der Waals surface area contributed by atoms with Gasteiger partial charge in [0.05, 0.1) is 10.5 Å². The molecule has 0 unspecified atom stereocenters. The van der Waals surface area contributed by atoms with Crippen molar-refractivity contribution < 1.29 is 30.8 Å². The molecule has 30 heavy (non-hydrogen) atoms. The van der Waals surface area contributed by atoms with Crippen LogP contribution in [0, 0.1) is 0 Å². The predicted molar refractivity (Wildman–Crippen MR) is 100 cm³/mol. The molecule has 1 N–H and O–H groups in total. The van der Waals surface area contributed by atoms with Gasteiger partial charge in [0.1, 0.15) is 0 Å². The van der Waals surface area contributed by atoms with Gasteiger partial charge in [-0.25, -0.2) is 12.7 Å². The maximum absolute atomic E-state index is 12.6. The van der Waals surface area contributed by atoms with Gasteiger partial charge in [0.25, 0.3) is 5.91 Å². The van der Waals surface area contributed by atoms with Crippen molar-refractivity contribution in [2.75, 3.05) is 19.4 Å². The van der Waals surface area contributed by atoms with Crippen LogP contribution in [-0.4, -0.2) is 42.9 Å². The van der Waals surface area contributed by atoms with Gasteiger partial charge < -0.3 is 4.42 Å². The summed E-state index contributed by atoms with van der Waals surface area (Å²) < 4.78 is 68.3. The highest BCUT2D eigenvalue weighted by Gasteiger charge is 2.30. The number of rotatable bonds is 5. The van der Waals surface area contributed by atoms with Crippen LogP contribution in [-0.2, 0) is 16.2 Å². The third-order valence-electron chi connectivity index (χ3n) is 4.00. The van der Waals surface area contributed by atoms with Crippen LogP contribution in [0.25, 0.3) is 11.5 Å². The van der Waals surface area contributed by atoms with E-state index in [1.165, 1.54) is 50.5 Å². The van der Waals surface area contributed by atoms with E-state index >= 15 is 0 Å². The molecule has 0 aliphatic carbocycles. The molecule has 3 rings (SSSR count). The summed E-state index contributed by atoms with van der Waals surface area (Å²) >= 11 is 0. The number of sulfonamides is 1. The minimum absolute atomic E-state index is 0.0198. The Hall–Kier alpha value is -3.25. The SMILES string of the molecule is CN(C)S(=O)(=O)c1ccc(C(=O)Nc2nnc(-c3ccc(C(F)(F)F)cc3)o2)cc1. The standard InChI is InChI=1S/C18H15F3N4O4S/c1-25(2)30(27,28)14-9-5-11(6-10-14)15(26)22-17-24-23-16(29-17)12-3-7-13(8-4-12)18(19,20)21/h3-10H,1-2H3,(H,22,24,26). The number of anilines is 1. The maximum Gasteiger partial charge on any atom is 0.416 e. The fraction of sp³-hybridized carbons (Fsp3) is 0.167. The number of amides is 1. The molecule has 0 bridgehead atoms. The number of benzene rings is 2. The van der Waals surface area contributed by atoms with Crippen molar-refractivity contribution >= 4 is 21.9 Å². The van der Waals surface area contributed by atoms with E-state index in [1.807, 2.05) is 0 Å². The molecule has 1 aromatic heterocycles. The fourth-order valence-corrected chi connectivity index (χ4v) is 3.25. The summed E-state index contributed by atoms with van der Waals surface area (Å²) in [7, 11) is -0.850. The van der Waals surface area contributed by atoms with Gasteiger partial charge in [-0.15, -0.1) is 5.10 Å². The summed E-state index contributed by atoms with van der Waals surface area (Å²) in [5.74, 6) is -0.710. The van der Waals surface area contributed by atoms with Crippen LogP contribution < -0.4 is 5.32 Å². The van der Waals surface area contributed by atoms with E-state index in [4.69, 9.17) is 4.42 Å². The van der Waals surface area contributed by atoms with Gasteiger partial charge in [0, 0.05) is 25.2 Å². The van der Waals surface area contributed by atoms with Crippen molar-refractivity contribution in [2.24, 2.45) is 0 Å². The van der Waals surface area contributed by atoms with Crippen LogP contribution in [0.15, 0.2) is 57.8 Å². The molecule has 0 saturated carbocycles. The number of halogens is 3. The predicted octanol–water partition coefficient (Wildman–Crippen LogP) is 3.26. The molecule has 1 amide bonds. The Balaban J connectivity index is 1.72. The number of nitrogens with one attached hydrogen (secondary N) is 1. The summed E-state index contributed by atoms with van der Waals surface area (Å²) in [5.41, 5.74) is -0.435. The number of hydrogen-bond acceptors (Lipinski definition) is 6. The normalized spacial score (nSPS) is 12.2. The Morgan fingerprint density at radius 3 is 2.13 bits per heavy atom. The van der Waals surface area contributed by atoms with Crippen LogP contribution in [0.1, 0.15) is 15.9 Å². The summed E-state index contributed by atoms with van der Waals surface area (Å²) in [6.45, 7) is 0. The van der Waals surface area contributed by atoms with E-state index in [0.717, 1.165) is 16.4 Å². The first-order valence-corrected chi connectivity index (χ1v) is 9.77. The number of aromatic nitrogens is 2. The molecule has 12 heteroatoms. The van der Waals surface area contributed by atoms with Gasteiger partial charge in [0.15, 0.2) is 0 Å². The number of nitrogens with zero attached hydrogens (tertiary/aromatic N) is 3. The average Bonchev–Trinajstić information content (AvgIpc) is 3.16. The summed E-state index contributed by atoms with van der Waals surface area (Å²) in [4.78, 5) is 12.3. The van der Waals surface area contributed by atoms with E-state index in [2.05, 4.69) is 15.5 Å². The minimum Gasteiger partial charge on any atom is -0.403 e. The Bertz CT molecular complexity index is 1160. The number of alkyl halides is 3. The molecule has 1 heterocycles. The second-order valence-electron chi connectivity index (χ2n) is 6.25. The molecular formula is C18H15F3N4O4S. The third-order valence-corrected chi connectivity index (χ3v) is 5.83. The molecule has 0 aliphatic rings. The van der Waals surface area contributed by atoms with E-state index < -0.39 is 27.7 Å². The fourth-order valence-electron chi connectivity index (χ4n) is 2.35. The zero-order chi connectivity index (χ0) is 22.1. The highest BCUT2D eigenvalue weighted by molar-refractivity contribution is 7.89. The van der Waals surface area contributed by atoms with E-state index in [-0.39, 0.29) is 27.9 Å². The first-order chi connectivity index (χ1) is 14.0. The first kappa shape index (κ1) is 21.5. The first-order valence-electron chi connectivity index (χ1n) is 8.33. The molecule has 0 spiro atoms. The summed E-state index contributed by atoms with van der Waals surface area (Å²) in [6.07, 6.45) is -4.46. The molecule has 8 nitrogen and oxygen atoms in total. The highest BCUT2D eigenvalue weighted by atomic mass is 32.2. The van der Waals surface area contributed by atoms with E-state index in [0.29, 0.717) is 0 Å². The topological polar surface area (TPSA) is 105 Å². The van der Waals surface area contributed by atoms with Crippen LogP contribution in [0.3, 0.4) is 0 Å². The largest absolute Gasteiger partial charge is 0.416 e. The second-order valence-corrected chi connectivity index (χ2v) is 8.41. The number of carbonyl (C=O) groups excluding carboxylic acids is 1. The summed E-state index contributed by atoms with van der Waals surface area (Å²) in [5, 5.41) is 9.68. The Morgan fingerprint density at radius 2 is 1.60 bits per heavy atom. The number of carbonyl (C=O) groups is 1. The van der Waals surface area contributed by atoms with Gasteiger partial charge in [-0.2, -0.15) is 13.2 Å². The van der Waals surface area contributed by atoms with Gasteiger partial charge in [0.2, 0.25) is 15.9 Å². The van der Waals surface area contributed by atoms with Crippen molar-refractivity contribution in [3.8, 4) is 11.5 Å². The number of hydrogen-bond donors (Lipinski definition) is 1. The van der Waals surface area contributed by atoms with Crippen molar-refractivity contribution in [1.82, 2.24) is 14.5 Å². The van der Waals surface area contributed by atoms with Crippen molar-refractivity contribution in [3.05, 3.63) is 59.7 Å². The molecule has 3 aromatic rings. The average molecular weight is 440 g/mol. The van der Waals surface area contributed by atoms with Crippen molar-refractivity contribution in [3.63, 3.8) is 0 Å². The van der Waals surface area contributed by atoms with Crippen molar-refractivity contribution in [1.29, 1.82) is 0 Å². The molecule has 0 aliphatic heterocycles. The zero-order valence-corrected chi connectivity index (χ0v) is 16.5. The maximum atomic E-state index is 12.6.